The third kappa shape index (κ3) is 4.06. The molecule has 140 valence electrons. The lowest BCUT2D eigenvalue weighted by Gasteiger charge is -2.14. The molecule has 0 saturated heterocycles. The molecule has 0 spiro atoms. The van der Waals surface area contributed by atoms with E-state index in [-0.39, 0.29) is 36.1 Å². The van der Waals surface area contributed by atoms with Crippen molar-refractivity contribution in [1.82, 2.24) is 14.9 Å². The lowest BCUT2D eigenvalue weighted by atomic mass is 10.1. The molecule has 0 radical (unpaired) electrons. The van der Waals surface area contributed by atoms with E-state index in [1.165, 1.54) is 22.2 Å². The van der Waals surface area contributed by atoms with Crippen LogP contribution in [0.3, 0.4) is 0 Å². The molecule has 2 heterocycles. The second kappa shape index (κ2) is 8.13. The molecule has 1 aromatic carbocycles. The first kappa shape index (κ1) is 18.8. The van der Waals surface area contributed by atoms with Crippen LogP contribution in [0, 0.1) is 0 Å². The highest BCUT2D eigenvalue weighted by atomic mass is 32.1. The van der Waals surface area contributed by atoms with Crippen LogP contribution in [0.5, 0.6) is 0 Å². The van der Waals surface area contributed by atoms with Crippen LogP contribution in [0.15, 0.2) is 46.8 Å². The Morgan fingerprint density at radius 2 is 2.04 bits per heavy atom. The molecule has 0 fully saturated rings. The summed E-state index contributed by atoms with van der Waals surface area (Å²) in [7, 11) is 0. The predicted molar refractivity (Wildman–Crippen MR) is 103 cm³/mol. The van der Waals surface area contributed by atoms with Gasteiger partial charge in [0.05, 0.1) is 29.9 Å². The van der Waals surface area contributed by atoms with Crippen LogP contribution < -0.4 is 10.9 Å². The Labute approximate surface area is 159 Å². The van der Waals surface area contributed by atoms with Gasteiger partial charge in [0.15, 0.2) is 0 Å². The van der Waals surface area contributed by atoms with Gasteiger partial charge in [-0.25, -0.2) is 9.78 Å². The van der Waals surface area contributed by atoms with Crippen molar-refractivity contribution >= 4 is 33.4 Å². The molecule has 0 aliphatic carbocycles. The summed E-state index contributed by atoms with van der Waals surface area (Å²) in [6, 6.07) is 9.34. The standard InChI is InChI=1S/C19H19N3O4S/c1-3-26-19(25)14-10-27-17-16(14)18(24)22(11-20-17)9-15(23)21-12(2)13-7-5-4-6-8-13/h4-8,10-12H,3,9H2,1-2H3,(H,21,23). The first-order valence-electron chi connectivity index (χ1n) is 8.49. The summed E-state index contributed by atoms with van der Waals surface area (Å²) in [5.41, 5.74) is 0.711. The number of esters is 1. The average Bonchev–Trinajstić information content (AvgIpc) is 3.10. The Hall–Kier alpha value is -3.00. The minimum absolute atomic E-state index is 0.182. The molecular formula is C19H19N3O4S. The van der Waals surface area contributed by atoms with Crippen LogP contribution in [0.1, 0.15) is 35.8 Å². The fraction of sp³-hybridized carbons (Fsp3) is 0.263. The summed E-state index contributed by atoms with van der Waals surface area (Å²) in [5.74, 6) is -0.884. The van der Waals surface area contributed by atoms with Crippen molar-refractivity contribution in [2.24, 2.45) is 0 Å². The number of benzene rings is 1. The third-order valence-corrected chi connectivity index (χ3v) is 4.93. The average molecular weight is 385 g/mol. The summed E-state index contributed by atoms with van der Waals surface area (Å²) in [5, 5.41) is 4.60. The highest BCUT2D eigenvalue weighted by molar-refractivity contribution is 7.17. The first-order chi connectivity index (χ1) is 13.0. The first-order valence-corrected chi connectivity index (χ1v) is 9.37. The number of hydrogen-bond donors (Lipinski definition) is 1. The van der Waals surface area contributed by atoms with Crippen LogP contribution in [0.2, 0.25) is 0 Å². The summed E-state index contributed by atoms with van der Waals surface area (Å²) in [6.45, 7) is 3.60. The normalized spacial score (nSPS) is 11.9. The predicted octanol–water partition coefficient (Wildman–Crippen LogP) is 2.51. The summed E-state index contributed by atoms with van der Waals surface area (Å²) < 4.78 is 6.18. The number of rotatable bonds is 6. The van der Waals surface area contributed by atoms with Gasteiger partial charge in [0, 0.05) is 5.38 Å². The third-order valence-electron chi connectivity index (χ3n) is 4.05. The maximum absolute atomic E-state index is 12.8. The topological polar surface area (TPSA) is 90.3 Å². The van der Waals surface area contributed by atoms with Crippen molar-refractivity contribution < 1.29 is 14.3 Å². The molecule has 1 atom stereocenters. The second-order valence-corrected chi connectivity index (χ2v) is 6.79. The van der Waals surface area contributed by atoms with Gasteiger partial charge in [-0.15, -0.1) is 11.3 Å². The number of carbonyl (C=O) groups is 2. The minimum Gasteiger partial charge on any atom is -0.462 e. The van der Waals surface area contributed by atoms with E-state index < -0.39 is 11.5 Å². The van der Waals surface area contributed by atoms with Crippen molar-refractivity contribution in [3.8, 4) is 0 Å². The van der Waals surface area contributed by atoms with Gasteiger partial charge in [0.25, 0.3) is 5.56 Å². The number of hydrogen-bond acceptors (Lipinski definition) is 6. The van der Waals surface area contributed by atoms with Crippen molar-refractivity contribution in [3.63, 3.8) is 0 Å². The lowest BCUT2D eigenvalue weighted by Crippen LogP contribution is -2.34. The molecule has 1 amide bonds. The molecule has 1 N–H and O–H groups in total. The molecule has 0 saturated carbocycles. The molecule has 0 bridgehead atoms. The van der Waals surface area contributed by atoms with Crippen molar-refractivity contribution in [2.75, 3.05) is 6.61 Å². The summed E-state index contributed by atoms with van der Waals surface area (Å²) >= 11 is 1.19. The fourth-order valence-corrected chi connectivity index (χ4v) is 3.57. The zero-order valence-corrected chi connectivity index (χ0v) is 15.8. The smallest absolute Gasteiger partial charge is 0.339 e. The highest BCUT2D eigenvalue weighted by Crippen LogP contribution is 2.21. The molecule has 8 heteroatoms. The zero-order valence-electron chi connectivity index (χ0n) is 15.0. The fourth-order valence-electron chi connectivity index (χ4n) is 2.71. The molecule has 3 rings (SSSR count). The van der Waals surface area contributed by atoms with Crippen LogP contribution in [-0.2, 0) is 16.1 Å². The number of carbonyl (C=O) groups excluding carboxylic acids is 2. The van der Waals surface area contributed by atoms with E-state index >= 15 is 0 Å². The lowest BCUT2D eigenvalue weighted by molar-refractivity contribution is -0.122. The van der Waals surface area contributed by atoms with E-state index in [1.807, 2.05) is 37.3 Å². The van der Waals surface area contributed by atoms with E-state index in [9.17, 15) is 14.4 Å². The molecule has 2 aromatic heterocycles. The van der Waals surface area contributed by atoms with Gasteiger partial charge in [-0.2, -0.15) is 0 Å². The van der Waals surface area contributed by atoms with E-state index in [0.29, 0.717) is 4.83 Å². The molecule has 3 aromatic rings. The van der Waals surface area contributed by atoms with Gasteiger partial charge in [0.2, 0.25) is 5.91 Å². The van der Waals surface area contributed by atoms with Crippen LogP contribution in [0.25, 0.3) is 10.2 Å². The number of aromatic nitrogens is 2. The minimum atomic E-state index is -0.567. The Morgan fingerprint density at radius 3 is 2.74 bits per heavy atom. The maximum Gasteiger partial charge on any atom is 0.339 e. The van der Waals surface area contributed by atoms with Crippen molar-refractivity contribution in [1.29, 1.82) is 0 Å². The molecule has 7 nitrogen and oxygen atoms in total. The Kier molecular flexibility index (Phi) is 5.66. The SMILES string of the molecule is CCOC(=O)c1csc2ncn(CC(=O)NC(C)c3ccccc3)c(=O)c12. The van der Waals surface area contributed by atoms with Gasteiger partial charge in [-0.1, -0.05) is 30.3 Å². The van der Waals surface area contributed by atoms with E-state index in [1.54, 1.807) is 12.3 Å². The van der Waals surface area contributed by atoms with Crippen molar-refractivity contribution in [2.45, 2.75) is 26.4 Å². The van der Waals surface area contributed by atoms with E-state index in [4.69, 9.17) is 4.74 Å². The highest BCUT2D eigenvalue weighted by Gasteiger charge is 2.19. The van der Waals surface area contributed by atoms with Gasteiger partial charge < -0.3 is 10.1 Å². The largest absolute Gasteiger partial charge is 0.462 e. The number of thiophene rings is 1. The number of nitrogens with one attached hydrogen (secondary N) is 1. The van der Waals surface area contributed by atoms with Gasteiger partial charge >= 0.3 is 5.97 Å². The van der Waals surface area contributed by atoms with Gasteiger partial charge in [-0.3, -0.25) is 14.2 Å². The Morgan fingerprint density at radius 1 is 1.30 bits per heavy atom. The van der Waals surface area contributed by atoms with E-state index in [2.05, 4.69) is 10.3 Å². The number of ether oxygens (including phenoxy) is 1. The van der Waals surface area contributed by atoms with Crippen molar-refractivity contribution in [3.05, 3.63) is 63.5 Å². The number of fused-ring (bicyclic) bond motifs is 1. The van der Waals surface area contributed by atoms with Crippen LogP contribution in [0.4, 0.5) is 0 Å². The van der Waals surface area contributed by atoms with E-state index in [0.717, 1.165) is 5.56 Å². The number of amides is 1. The molecular weight excluding hydrogens is 366 g/mol. The summed E-state index contributed by atoms with van der Waals surface area (Å²) in [6.07, 6.45) is 1.32. The quantitative estimate of drug-likeness (QED) is 0.659. The monoisotopic (exact) mass is 385 g/mol. The Bertz CT molecular complexity index is 1030. The van der Waals surface area contributed by atoms with Crippen LogP contribution >= 0.6 is 11.3 Å². The van der Waals surface area contributed by atoms with Crippen LogP contribution in [-0.4, -0.2) is 28.0 Å². The second-order valence-electron chi connectivity index (χ2n) is 5.93. The van der Waals surface area contributed by atoms with Gasteiger partial charge in [-0.05, 0) is 19.4 Å². The summed E-state index contributed by atoms with van der Waals surface area (Å²) in [4.78, 5) is 41.8. The zero-order chi connectivity index (χ0) is 19.4. The van der Waals surface area contributed by atoms with Gasteiger partial charge in [0.1, 0.15) is 11.4 Å². The molecule has 27 heavy (non-hydrogen) atoms. The molecule has 0 aliphatic rings. The Balaban J connectivity index is 1.81. The number of nitrogens with zero attached hydrogens (tertiary/aromatic N) is 2. The maximum atomic E-state index is 12.8. The molecule has 1 unspecified atom stereocenters. The molecule has 0 aliphatic heterocycles.